The van der Waals surface area contributed by atoms with Gasteiger partial charge in [0.1, 0.15) is 29.0 Å². The van der Waals surface area contributed by atoms with E-state index in [2.05, 4.69) is 20.4 Å². The van der Waals surface area contributed by atoms with E-state index in [-0.39, 0.29) is 23.8 Å². The molecule has 2 aliphatic rings. The van der Waals surface area contributed by atoms with E-state index < -0.39 is 18.6 Å². The lowest BCUT2D eigenvalue weighted by Crippen LogP contribution is -2.36. The number of nitrogens with one attached hydrogen (secondary N) is 1. The van der Waals surface area contributed by atoms with Crippen molar-refractivity contribution in [2.24, 2.45) is 0 Å². The van der Waals surface area contributed by atoms with Crippen LogP contribution in [0.25, 0.3) is 22.0 Å². The molecule has 0 unspecified atom stereocenters. The van der Waals surface area contributed by atoms with Gasteiger partial charge < -0.3 is 20.1 Å². The number of carbonyl (C=O) groups is 1. The van der Waals surface area contributed by atoms with Gasteiger partial charge in [-0.25, -0.2) is 23.7 Å². The van der Waals surface area contributed by atoms with Gasteiger partial charge in [0.05, 0.1) is 11.9 Å². The van der Waals surface area contributed by atoms with Gasteiger partial charge >= 0.3 is 0 Å². The van der Waals surface area contributed by atoms with Crippen molar-refractivity contribution in [2.75, 3.05) is 18.9 Å². The summed E-state index contributed by atoms with van der Waals surface area (Å²) in [7, 11) is 1.68. The second kappa shape index (κ2) is 9.97. The quantitative estimate of drug-likeness (QED) is 0.319. The summed E-state index contributed by atoms with van der Waals surface area (Å²) in [5.41, 5.74) is 1.35. The van der Waals surface area contributed by atoms with Crippen molar-refractivity contribution in [3.63, 3.8) is 0 Å². The first-order chi connectivity index (χ1) is 18.8. The summed E-state index contributed by atoms with van der Waals surface area (Å²) in [6.45, 7) is -0.0546. The molecule has 1 amide bonds. The molecule has 0 spiro atoms. The third kappa shape index (κ3) is 5.19. The van der Waals surface area contributed by atoms with Gasteiger partial charge in [-0.05, 0) is 30.5 Å². The Labute approximate surface area is 226 Å². The maximum Gasteiger partial charge on any atom is 0.258 e. The molecule has 13 heteroatoms. The lowest BCUT2D eigenvalue weighted by atomic mass is 9.91. The zero-order valence-electron chi connectivity index (χ0n) is 20.9. The van der Waals surface area contributed by atoms with E-state index in [1.807, 2.05) is 11.4 Å². The van der Waals surface area contributed by atoms with Crippen LogP contribution in [0.15, 0.2) is 48.1 Å². The molecule has 202 valence electrons. The fourth-order valence-corrected chi connectivity index (χ4v) is 5.20. The Morgan fingerprint density at radius 3 is 2.85 bits per heavy atom. The molecule has 1 saturated heterocycles. The first-order valence-electron chi connectivity index (χ1n) is 12.5. The molecule has 1 aliphatic carbocycles. The molecular weight excluding hydrogens is 528 g/mol. The Kier molecular flexibility index (Phi) is 6.47. The Morgan fingerprint density at radius 1 is 1.26 bits per heavy atom. The van der Waals surface area contributed by atoms with Crippen LogP contribution in [0.4, 0.5) is 20.4 Å². The van der Waals surface area contributed by atoms with Crippen LogP contribution in [-0.4, -0.2) is 66.8 Å². The Bertz CT molecular complexity index is 1520. The highest BCUT2D eigenvalue weighted by Gasteiger charge is 2.45. The van der Waals surface area contributed by atoms with E-state index in [9.17, 15) is 18.7 Å². The summed E-state index contributed by atoms with van der Waals surface area (Å²) < 4.78 is 32.7. The normalized spacial score (nSPS) is 19.2. The summed E-state index contributed by atoms with van der Waals surface area (Å²) in [5, 5.41) is 20.8. The second-order valence-corrected chi connectivity index (χ2v) is 10.5. The number of anilines is 2. The smallest absolute Gasteiger partial charge is 0.258 e. The molecule has 4 aromatic rings. The minimum atomic E-state index is -2.55. The number of hydrogen-bond donors (Lipinski definition) is 2. The average molecular weight is 554 g/mol. The summed E-state index contributed by atoms with van der Waals surface area (Å²) in [6, 6.07) is 8.95. The molecule has 3 aromatic heterocycles. The van der Waals surface area contributed by atoms with Crippen molar-refractivity contribution in [2.45, 2.75) is 43.9 Å². The molecule has 0 bridgehead atoms. The van der Waals surface area contributed by atoms with Gasteiger partial charge in [0, 0.05) is 37.2 Å². The maximum absolute atomic E-state index is 12.9. The molecule has 4 heterocycles. The molecule has 2 N–H and O–H groups in total. The number of ether oxygens (including phenoxy) is 1. The lowest BCUT2D eigenvalue weighted by Gasteiger charge is -2.21. The zero-order valence-corrected chi connectivity index (χ0v) is 21.7. The number of nitrogens with zero attached hydrogens (tertiary/aromatic N) is 6. The summed E-state index contributed by atoms with van der Waals surface area (Å²) in [6.07, 6.45) is 2.65. The SMILES string of the molecule is CN1CC[C@@](O)(c2cccc(-c3nc(-c4ccnc(Nc5cn(CC(F)F)nc5OC5CC5)n4)cs3)c2)C1=O. The van der Waals surface area contributed by atoms with Gasteiger partial charge in [-0.2, -0.15) is 0 Å². The van der Waals surface area contributed by atoms with Crippen molar-refractivity contribution in [1.29, 1.82) is 0 Å². The van der Waals surface area contributed by atoms with E-state index in [1.165, 1.54) is 22.4 Å². The van der Waals surface area contributed by atoms with E-state index in [1.54, 1.807) is 37.5 Å². The molecule has 6 rings (SSSR count). The number of hydrogen-bond acceptors (Lipinski definition) is 9. The van der Waals surface area contributed by atoms with Gasteiger partial charge in [0.25, 0.3) is 18.2 Å². The van der Waals surface area contributed by atoms with Gasteiger partial charge in [-0.3, -0.25) is 9.48 Å². The van der Waals surface area contributed by atoms with Crippen LogP contribution in [0, 0.1) is 0 Å². The molecule has 1 aliphatic heterocycles. The van der Waals surface area contributed by atoms with Crippen LogP contribution in [-0.2, 0) is 16.9 Å². The summed E-state index contributed by atoms with van der Waals surface area (Å²) >= 11 is 1.41. The van der Waals surface area contributed by atoms with E-state index in [0.29, 0.717) is 40.6 Å². The number of thiazole rings is 1. The predicted molar refractivity (Wildman–Crippen MR) is 140 cm³/mol. The van der Waals surface area contributed by atoms with Gasteiger partial charge in [0.15, 0.2) is 5.60 Å². The maximum atomic E-state index is 12.9. The van der Waals surface area contributed by atoms with Crippen molar-refractivity contribution in [1.82, 2.24) is 29.6 Å². The number of carbonyl (C=O) groups excluding carboxylic acids is 1. The third-order valence-electron chi connectivity index (χ3n) is 6.62. The molecule has 1 atom stereocenters. The summed E-state index contributed by atoms with van der Waals surface area (Å²) in [4.78, 5) is 27.6. The van der Waals surface area contributed by atoms with Gasteiger partial charge in [0.2, 0.25) is 5.95 Å². The van der Waals surface area contributed by atoms with E-state index >= 15 is 0 Å². The Balaban J connectivity index is 1.23. The fraction of sp³-hybridized carbons (Fsp3) is 0.346. The molecule has 10 nitrogen and oxygen atoms in total. The number of likely N-dealkylation sites (tertiary alicyclic amines) is 1. The molecule has 1 saturated carbocycles. The number of alkyl halides is 2. The van der Waals surface area contributed by atoms with Crippen molar-refractivity contribution >= 4 is 28.9 Å². The predicted octanol–water partition coefficient (Wildman–Crippen LogP) is 4.06. The second-order valence-electron chi connectivity index (χ2n) is 9.62. The minimum absolute atomic E-state index is 0.0352. The summed E-state index contributed by atoms with van der Waals surface area (Å²) in [5.74, 6) is 0.162. The van der Waals surface area contributed by atoms with Gasteiger partial charge in [-0.1, -0.05) is 18.2 Å². The standard InChI is InChI=1S/C26H25F2N7O3S/c1-34-10-8-26(37,24(34)36)16-4-2-3-15(11-16)23-30-20(14-39-23)18-7-9-29-25(31-18)32-19-12-35(13-21(27)28)33-22(19)38-17-5-6-17/h2-4,7,9,11-12,14,17,21,37H,5-6,8,10,13H2,1H3,(H,29,31,32)/t26-/m1/s1. The molecule has 1 aromatic carbocycles. The number of halogens is 2. The highest BCUT2D eigenvalue weighted by Crippen LogP contribution is 2.36. The number of benzene rings is 1. The van der Waals surface area contributed by atoms with Gasteiger partial charge in [-0.15, -0.1) is 16.4 Å². The zero-order chi connectivity index (χ0) is 27.1. The third-order valence-corrected chi connectivity index (χ3v) is 7.51. The fourth-order valence-electron chi connectivity index (χ4n) is 4.39. The largest absolute Gasteiger partial charge is 0.472 e. The first-order valence-corrected chi connectivity index (χ1v) is 13.3. The Morgan fingerprint density at radius 2 is 2.10 bits per heavy atom. The average Bonchev–Trinajstić information content (AvgIpc) is 3.35. The van der Waals surface area contributed by atoms with E-state index in [4.69, 9.17) is 9.72 Å². The number of aromatic nitrogens is 5. The van der Waals surface area contributed by atoms with Crippen LogP contribution in [0.1, 0.15) is 24.8 Å². The number of aliphatic hydroxyl groups is 1. The first kappa shape index (κ1) is 25.3. The van der Waals surface area contributed by atoms with E-state index in [0.717, 1.165) is 23.1 Å². The van der Waals surface area contributed by atoms with Crippen molar-refractivity contribution in [3.8, 4) is 27.8 Å². The molecule has 39 heavy (non-hydrogen) atoms. The van der Waals surface area contributed by atoms with Crippen LogP contribution in [0.2, 0.25) is 0 Å². The number of amides is 1. The van der Waals surface area contributed by atoms with Crippen LogP contribution in [0.3, 0.4) is 0 Å². The lowest BCUT2D eigenvalue weighted by molar-refractivity contribution is -0.143. The van der Waals surface area contributed by atoms with Crippen LogP contribution < -0.4 is 10.1 Å². The van der Waals surface area contributed by atoms with Crippen molar-refractivity contribution < 1.29 is 23.4 Å². The monoisotopic (exact) mass is 553 g/mol. The highest BCUT2D eigenvalue weighted by atomic mass is 32.1. The molecule has 0 radical (unpaired) electrons. The highest BCUT2D eigenvalue weighted by molar-refractivity contribution is 7.13. The topological polar surface area (TPSA) is 118 Å². The minimum Gasteiger partial charge on any atom is -0.472 e. The van der Waals surface area contributed by atoms with Crippen LogP contribution >= 0.6 is 11.3 Å². The van der Waals surface area contributed by atoms with Crippen LogP contribution in [0.5, 0.6) is 5.88 Å². The Hall–Kier alpha value is -3.97. The number of likely N-dealkylation sites (N-methyl/N-ethyl adjacent to an activating group) is 1. The number of rotatable bonds is 9. The molecule has 2 fully saturated rings. The molecular formula is C26H25F2N7O3S. The van der Waals surface area contributed by atoms with Crippen molar-refractivity contribution in [3.05, 3.63) is 53.7 Å².